The SMILES string of the molecule is CCc1nc(OC2CCC(N)CC2)cc(=O)[nH]1. The first-order valence-electron chi connectivity index (χ1n) is 6.20. The van der Waals surface area contributed by atoms with Gasteiger partial charge in [-0.2, -0.15) is 0 Å². The van der Waals surface area contributed by atoms with Gasteiger partial charge in [0.25, 0.3) is 5.56 Å². The molecule has 1 aliphatic carbocycles. The van der Waals surface area contributed by atoms with Gasteiger partial charge in [0.1, 0.15) is 11.9 Å². The van der Waals surface area contributed by atoms with Gasteiger partial charge in [0, 0.05) is 12.5 Å². The van der Waals surface area contributed by atoms with Crippen LogP contribution in [0.15, 0.2) is 10.9 Å². The van der Waals surface area contributed by atoms with Crippen LogP contribution in [0.25, 0.3) is 0 Å². The molecule has 1 aromatic heterocycles. The molecule has 3 N–H and O–H groups in total. The van der Waals surface area contributed by atoms with Crippen LogP contribution in [0.5, 0.6) is 5.88 Å². The summed E-state index contributed by atoms with van der Waals surface area (Å²) in [6.45, 7) is 1.95. The maximum absolute atomic E-state index is 11.4. The van der Waals surface area contributed by atoms with E-state index in [1.165, 1.54) is 6.07 Å². The molecule has 1 saturated carbocycles. The molecule has 0 unspecified atom stereocenters. The number of aryl methyl sites for hydroxylation is 1. The van der Waals surface area contributed by atoms with E-state index in [9.17, 15) is 4.79 Å². The predicted molar refractivity (Wildman–Crippen MR) is 65.1 cm³/mol. The van der Waals surface area contributed by atoms with Crippen molar-refractivity contribution in [1.82, 2.24) is 9.97 Å². The van der Waals surface area contributed by atoms with Crippen molar-refractivity contribution in [3.05, 3.63) is 22.2 Å². The van der Waals surface area contributed by atoms with Gasteiger partial charge in [0.2, 0.25) is 5.88 Å². The Kier molecular flexibility index (Phi) is 3.78. The van der Waals surface area contributed by atoms with E-state index >= 15 is 0 Å². The Balaban J connectivity index is 2.03. The number of rotatable bonds is 3. The fraction of sp³-hybridized carbons (Fsp3) is 0.667. The first kappa shape index (κ1) is 12.1. The minimum absolute atomic E-state index is 0.147. The first-order chi connectivity index (χ1) is 8.17. The Bertz CT molecular complexity index is 422. The van der Waals surface area contributed by atoms with E-state index in [4.69, 9.17) is 10.5 Å². The minimum Gasteiger partial charge on any atom is -0.474 e. The van der Waals surface area contributed by atoms with Crippen LogP contribution < -0.4 is 16.0 Å². The molecule has 1 aliphatic rings. The number of nitrogens with two attached hydrogens (primary N) is 1. The number of H-pyrrole nitrogens is 1. The van der Waals surface area contributed by atoms with Crippen LogP contribution >= 0.6 is 0 Å². The molecule has 1 aromatic rings. The van der Waals surface area contributed by atoms with Crippen molar-refractivity contribution in [2.45, 2.75) is 51.2 Å². The third kappa shape index (κ3) is 3.30. The molecule has 0 bridgehead atoms. The third-order valence-corrected chi connectivity index (χ3v) is 3.11. The molecule has 0 atom stereocenters. The molecular formula is C12H19N3O2. The lowest BCUT2D eigenvalue weighted by molar-refractivity contribution is 0.140. The van der Waals surface area contributed by atoms with Gasteiger partial charge in [-0.15, -0.1) is 0 Å². The van der Waals surface area contributed by atoms with Crippen LogP contribution in [0.2, 0.25) is 0 Å². The van der Waals surface area contributed by atoms with Crippen molar-refractivity contribution in [2.24, 2.45) is 5.73 Å². The fourth-order valence-corrected chi connectivity index (χ4v) is 2.09. The van der Waals surface area contributed by atoms with Crippen molar-refractivity contribution >= 4 is 0 Å². The summed E-state index contributed by atoms with van der Waals surface area (Å²) in [5, 5.41) is 0. The number of nitrogens with one attached hydrogen (secondary N) is 1. The van der Waals surface area contributed by atoms with Gasteiger partial charge in [-0.1, -0.05) is 6.92 Å². The maximum Gasteiger partial charge on any atom is 0.254 e. The standard InChI is InChI=1S/C12H19N3O2/c1-2-10-14-11(16)7-12(15-10)17-9-5-3-8(13)4-6-9/h7-9H,2-6,13H2,1H3,(H,14,15,16). The zero-order valence-corrected chi connectivity index (χ0v) is 10.1. The molecule has 1 fully saturated rings. The van der Waals surface area contributed by atoms with E-state index in [1.54, 1.807) is 0 Å². The highest BCUT2D eigenvalue weighted by Crippen LogP contribution is 2.21. The van der Waals surface area contributed by atoms with Crippen LogP contribution in [0.4, 0.5) is 0 Å². The van der Waals surface area contributed by atoms with E-state index in [1.807, 2.05) is 6.92 Å². The highest BCUT2D eigenvalue weighted by atomic mass is 16.5. The third-order valence-electron chi connectivity index (χ3n) is 3.11. The lowest BCUT2D eigenvalue weighted by atomic mass is 9.94. The topological polar surface area (TPSA) is 81.0 Å². The van der Waals surface area contributed by atoms with Crippen LogP contribution in [0.3, 0.4) is 0 Å². The summed E-state index contributed by atoms with van der Waals surface area (Å²) in [7, 11) is 0. The summed E-state index contributed by atoms with van der Waals surface area (Å²) in [6.07, 6.45) is 4.69. The number of nitrogens with zero attached hydrogens (tertiary/aromatic N) is 1. The molecule has 94 valence electrons. The second kappa shape index (κ2) is 5.31. The average Bonchev–Trinajstić information content (AvgIpc) is 2.31. The maximum atomic E-state index is 11.4. The molecule has 0 radical (unpaired) electrons. The van der Waals surface area contributed by atoms with Gasteiger partial charge in [-0.25, -0.2) is 4.98 Å². The van der Waals surface area contributed by atoms with Crippen molar-refractivity contribution in [3.63, 3.8) is 0 Å². The fourth-order valence-electron chi connectivity index (χ4n) is 2.09. The molecule has 0 saturated heterocycles. The Hall–Kier alpha value is -1.36. The summed E-state index contributed by atoms with van der Waals surface area (Å²) >= 11 is 0. The normalized spacial score (nSPS) is 24.6. The molecule has 1 heterocycles. The van der Waals surface area contributed by atoms with Gasteiger partial charge in [0.15, 0.2) is 0 Å². The van der Waals surface area contributed by atoms with Crippen LogP contribution in [-0.2, 0) is 6.42 Å². The average molecular weight is 237 g/mol. The lowest BCUT2D eigenvalue weighted by Gasteiger charge is -2.26. The summed E-state index contributed by atoms with van der Waals surface area (Å²) in [5.74, 6) is 1.10. The largest absolute Gasteiger partial charge is 0.474 e. The van der Waals surface area contributed by atoms with Gasteiger partial charge in [0.05, 0.1) is 6.07 Å². The van der Waals surface area contributed by atoms with Crippen molar-refractivity contribution < 1.29 is 4.74 Å². The van der Waals surface area contributed by atoms with E-state index < -0.39 is 0 Å². The van der Waals surface area contributed by atoms with Crippen LogP contribution in [-0.4, -0.2) is 22.1 Å². The number of aromatic nitrogens is 2. The van der Waals surface area contributed by atoms with Crippen molar-refractivity contribution in [2.75, 3.05) is 0 Å². The molecule has 0 aromatic carbocycles. The number of hydrogen-bond acceptors (Lipinski definition) is 4. The van der Waals surface area contributed by atoms with Crippen molar-refractivity contribution in [1.29, 1.82) is 0 Å². The second-order valence-electron chi connectivity index (χ2n) is 4.54. The molecule has 5 nitrogen and oxygen atoms in total. The zero-order valence-electron chi connectivity index (χ0n) is 10.1. The number of ether oxygens (including phenoxy) is 1. The van der Waals surface area contributed by atoms with Gasteiger partial charge < -0.3 is 15.5 Å². The van der Waals surface area contributed by atoms with E-state index in [2.05, 4.69) is 9.97 Å². The van der Waals surface area contributed by atoms with Crippen molar-refractivity contribution in [3.8, 4) is 5.88 Å². The first-order valence-corrected chi connectivity index (χ1v) is 6.20. The highest BCUT2D eigenvalue weighted by Gasteiger charge is 2.20. The predicted octanol–water partition coefficient (Wildman–Crippen LogP) is 0.981. The smallest absolute Gasteiger partial charge is 0.254 e. The molecule has 0 amide bonds. The lowest BCUT2D eigenvalue weighted by Crippen LogP contribution is -2.32. The van der Waals surface area contributed by atoms with Crippen LogP contribution in [0, 0.1) is 0 Å². The molecule has 0 aliphatic heterocycles. The number of aromatic amines is 1. The molecule has 17 heavy (non-hydrogen) atoms. The second-order valence-corrected chi connectivity index (χ2v) is 4.54. The van der Waals surface area contributed by atoms with Crippen LogP contribution in [0.1, 0.15) is 38.4 Å². The van der Waals surface area contributed by atoms with Gasteiger partial charge >= 0.3 is 0 Å². The quantitative estimate of drug-likeness (QED) is 0.821. The van der Waals surface area contributed by atoms with E-state index in [-0.39, 0.29) is 11.7 Å². The molecular weight excluding hydrogens is 218 g/mol. The molecule has 5 heteroatoms. The summed E-state index contributed by atoms with van der Waals surface area (Å²) < 4.78 is 5.74. The Morgan fingerprint density at radius 1 is 1.47 bits per heavy atom. The number of hydrogen-bond donors (Lipinski definition) is 2. The van der Waals surface area contributed by atoms with Gasteiger partial charge in [-0.3, -0.25) is 4.79 Å². The highest BCUT2D eigenvalue weighted by molar-refractivity contribution is 5.09. The van der Waals surface area contributed by atoms with Gasteiger partial charge in [-0.05, 0) is 25.7 Å². The van der Waals surface area contributed by atoms with E-state index in [0.29, 0.717) is 24.2 Å². The monoisotopic (exact) mass is 237 g/mol. The van der Waals surface area contributed by atoms with E-state index in [0.717, 1.165) is 25.7 Å². The summed E-state index contributed by atoms with van der Waals surface area (Å²) in [6, 6.07) is 1.71. The zero-order chi connectivity index (χ0) is 12.3. The molecule has 0 spiro atoms. The Morgan fingerprint density at radius 3 is 2.82 bits per heavy atom. The Morgan fingerprint density at radius 2 is 2.18 bits per heavy atom. The molecule has 2 rings (SSSR count). The Labute approximate surface area is 100 Å². The summed E-state index contributed by atoms with van der Waals surface area (Å²) in [5.41, 5.74) is 5.68. The minimum atomic E-state index is -0.153. The summed E-state index contributed by atoms with van der Waals surface area (Å²) in [4.78, 5) is 18.3.